The first kappa shape index (κ1) is 13.6. The summed E-state index contributed by atoms with van der Waals surface area (Å²) in [4.78, 5) is 0. The molecule has 0 bridgehead atoms. The fourth-order valence-corrected chi connectivity index (χ4v) is 2.82. The third kappa shape index (κ3) is 3.12. The number of ether oxygens (including phenoxy) is 1. The summed E-state index contributed by atoms with van der Waals surface area (Å²) in [5.41, 5.74) is 10.1. The summed E-state index contributed by atoms with van der Waals surface area (Å²) in [7, 11) is 0. The fraction of sp³-hybridized carbons (Fsp3) is 0.625. The smallest absolute Gasteiger partial charge is 0.0576 e. The third-order valence-electron chi connectivity index (χ3n) is 4.02. The highest BCUT2D eigenvalue weighted by Crippen LogP contribution is 2.29. The number of hydrogen-bond acceptors (Lipinski definition) is 2. The summed E-state index contributed by atoms with van der Waals surface area (Å²) in [6, 6.07) is 6.54. The number of rotatable bonds is 4. The van der Waals surface area contributed by atoms with E-state index in [1.807, 2.05) is 0 Å². The van der Waals surface area contributed by atoms with Crippen LogP contribution in [-0.2, 0) is 10.3 Å². The Balaban J connectivity index is 2.06. The molecule has 0 spiro atoms. The Morgan fingerprint density at radius 3 is 2.83 bits per heavy atom. The molecule has 0 aliphatic carbocycles. The molecule has 1 aromatic rings. The highest BCUT2D eigenvalue weighted by atomic mass is 16.5. The zero-order valence-corrected chi connectivity index (χ0v) is 11.8. The first-order valence-corrected chi connectivity index (χ1v) is 6.97. The van der Waals surface area contributed by atoms with Crippen LogP contribution in [0.2, 0.25) is 0 Å². The van der Waals surface area contributed by atoms with Crippen LogP contribution < -0.4 is 5.73 Å². The Bertz CT molecular complexity index is 406. The van der Waals surface area contributed by atoms with E-state index < -0.39 is 0 Å². The van der Waals surface area contributed by atoms with E-state index in [1.165, 1.54) is 29.5 Å². The van der Waals surface area contributed by atoms with E-state index in [-0.39, 0.29) is 5.54 Å². The molecule has 1 aromatic carbocycles. The van der Waals surface area contributed by atoms with Crippen LogP contribution in [0, 0.1) is 13.8 Å². The van der Waals surface area contributed by atoms with E-state index in [1.54, 1.807) is 0 Å². The van der Waals surface area contributed by atoms with Crippen molar-refractivity contribution < 1.29 is 4.74 Å². The quantitative estimate of drug-likeness (QED) is 0.884. The lowest BCUT2D eigenvalue weighted by atomic mass is 9.84. The molecule has 0 amide bonds. The van der Waals surface area contributed by atoms with Gasteiger partial charge in [0.1, 0.15) is 0 Å². The molecule has 1 saturated heterocycles. The van der Waals surface area contributed by atoms with Gasteiger partial charge in [-0.15, -0.1) is 0 Å². The first-order valence-electron chi connectivity index (χ1n) is 6.97. The first-order chi connectivity index (χ1) is 8.49. The Labute approximate surface area is 111 Å². The Morgan fingerprint density at radius 1 is 1.39 bits per heavy atom. The van der Waals surface area contributed by atoms with Crippen LogP contribution in [0.1, 0.15) is 49.3 Å². The lowest BCUT2D eigenvalue weighted by molar-refractivity contribution is 0.0966. The summed E-state index contributed by atoms with van der Waals surface area (Å²) in [5.74, 6) is 0. The van der Waals surface area contributed by atoms with Crippen molar-refractivity contribution in [3.63, 3.8) is 0 Å². The molecule has 2 atom stereocenters. The largest absolute Gasteiger partial charge is 0.378 e. The Morgan fingerprint density at radius 2 is 2.17 bits per heavy atom. The molecule has 0 aromatic heterocycles. The van der Waals surface area contributed by atoms with E-state index in [9.17, 15) is 0 Å². The molecule has 2 nitrogen and oxygen atoms in total. The normalized spacial score (nSPS) is 23.0. The minimum atomic E-state index is -0.248. The Hall–Kier alpha value is -0.860. The molecule has 0 saturated carbocycles. The number of hydrogen-bond donors (Lipinski definition) is 1. The lowest BCUT2D eigenvalue weighted by Crippen LogP contribution is -2.35. The summed E-state index contributed by atoms with van der Waals surface area (Å²) in [6.45, 7) is 7.34. The molecule has 18 heavy (non-hydrogen) atoms. The average molecular weight is 247 g/mol. The van der Waals surface area contributed by atoms with E-state index in [0.717, 1.165) is 19.4 Å². The molecule has 2 heteroatoms. The van der Waals surface area contributed by atoms with Gasteiger partial charge in [-0.2, -0.15) is 0 Å². The van der Waals surface area contributed by atoms with Crippen LogP contribution in [-0.4, -0.2) is 12.7 Å². The monoisotopic (exact) mass is 247 g/mol. The second-order valence-corrected chi connectivity index (χ2v) is 5.91. The lowest BCUT2D eigenvalue weighted by Gasteiger charge is -2.28. The van der Waals surface area contributed by atoms with E-state index in [0.29, 0.717) is 6.10 Å². The average Bonchev–Trinajstić information content (AvgIpc) is 2.83. The van der Waals surface area contributed by atoms with Crippen molar-refractivity contribution in [1.29, 1.82) is 0 Å². The van der Waals surface area contributed by atoms with Crippen molar-refractivity contribution in [3.05, 3.63) is 34.9 Å². The van der Waals surface area contributed by atoms with Crippen LogP contribution in [0.15, 0.2) is 18.2 Å². The van der Waals surface area contributed by atoms with Gasteiger partial charge >= 0.3 is 0 Å². The maximum atomic E-state index is 6.53. The second-order valence-electron chi connectivity index (χ2n) is 5.91. The van der Waals surface area contributed by atoms with Gasteiger partial charge in [-0.05, 0) is 57.6 Å². The topological polar surface area (TPSA) is 35.2 Å². The number of benzene rings is 1. The summed E-state index contributed by atoms with van der Waals surface area (Å²) < 4.78 is 5.68. The van der Waals surface area contributed by atoms with Crippen LogP contribution >= 0.6 is 0 Å². The minimum Gasteiger partial charge on any atom is -0.378 e. The molecule has 1 heterocycles. The van der Waals surface area contributed by atoms with Crippen LogP contribution in [0.25, 0.3) is 0 Å². The molecule has 1 aliphatic rings. The van der Waals surface area contributed by atoms with Gasteiger partial charge in [-0.1, -0.05) is 23.8 Å². The van der Waals surface area contributed by atoms with Gasteiger partial charge in [-0.3, -0.25) is 0 Å². The van der Waals surface area contributed by atoms with Gasteiger partial charge in [0.15, 0.2) is 0 Å². The van der Waals surface area contributed by atoms with Crippen molar-refractivity contribution in [2.45, 2.75) is 58.1 Å². The van der Waals surface area contributed by atoms with Gasteiger partial charge in [-0.25, -0.2) is 0 Å². The summed E-state index contributed by atoms with van der Waals surface area (Å²) in [6.07, 6.45) is 4.89. The van der Waals surface area contributed by atoms with Crippen molar-refractivity contribution in [3.8, 4) is 0 Å². The third-order valence-corrected chi connectivity index (χ3v) is 4.02. The molecule has 2 N–H and O–H groups in total. The number of nitrogens with two attached hydrogens (primary N) is 1. The molecule has 2 rings (SSSR count). The molecule has 1 aliphatic heterocycles. The summed E-state index contributed by atoms with van der Waals surface area (Å²) in [5, 5.41) is 0. The van der Waals surface area contributed by atoms with Gasteiger partial charge in [0.05, 0.1) is 6.10 Å². The Kier molecular flexibility index (Phi) is 4.08. The van der Waals surface area contributed by atoms with Crippen LogP contribution in [0.3, 0.4) is 0 Å². The zero-order chi connectivity index (χ0) is 13.2. The van der Waals surface area contributed by atoms with Crippen molar-refractivity contribution in [2.75, 3.05) is 6.61 Å². The van der Waals surface area contributed by atoms with E-state index in [4.69, 9.17) is 10.5 Å². The second kappa shape index (κ2) is 5.41. The van der Waals surface area contributed by atoms with Gasteiger partial charge < -0.3 is 10.5 Å². The summed E-state index contributed by atoms with van der Waals surface area (Å²) >= 11 is 0. The zero-order valence-electron chi connectivity index (χ0n) is 11.8. The SMILES string of the molecule is Cc1ccc(C)c(C(C)(N)CCC2CCCO2)c1. The van der Waals surface area contributed by atoms with Crippen LogP contribution in [0.5, 0.6) is 0 Å². The predicted molar refractivity (Wildman–Crippen MR) is 75.7 cm³/mol. The molecule has 100 valence electrons. The van der Waals surface area contributed by atoms with Gasteiger partial charge in [0.2, 0.25) is 0 Å². The highest BCUT2D eigenvalue weighted by Gasteiger charge is 2.26. The highest BCUT2D eigenvalue weighted by molar-refractivity contribution is 5.35. The molecule has 2 unspecified atom stereocenters. The van der Waals surface area contributed by atoms with Gasteiger partial charge in [0.25, 0.3) is 0 Å². The van der Waals surface area contributed by atoms with E-state index >= 15 is 0 Å². The van der Waals surface area contributed by atoms with Crippen molar-refractivity contribution in [2.24, 2.45) is 5.73 Å². The van der Waals surface area contributed by atoms with Gasteiger partial charge in [0, 0.05) is 12.1 Å². The fourth-order valence-electron chi connectivity index (χ4n) is 2.82. The molecular formula is C16H25NO. The predicted octanol–water partition coefficient (Wildman–Crippen LogP) is 3.44. The number of aryl methyl sites for hydroxylation is 2. The van der Waals surface area contributed by atoms with Crippen LogP contribution in [0.4, 0.5) is 0 Å². The molecular weight excluding hydrogens is 222 g/mol. The standard InChI is InChI=1S/C16H25NO/c1-12-6-7-13(2)15(11-12)16(3,17)9-8-14-5-4-10-18-14/h6-7,11,14H,4-5,8-10,17H2,1-3H3. The van der Waals surface area contributed by atoms with Crippen molar-refractivity contribution >= 4 is 0 Å². The molecule has 0 radical (unpaired) electrons. The maximum absolute atomic E-state index is 6.53. The van der Waals surface area contributed by atoms with E-state index in [2.05, 4.69) is 39.0 Å². The van der Waals surface area contributed by atoms with Crippen molar-refractivity contribution in [1.82, 2.24) is 0 Å². The molecule has 1 fully saturated rings. The maximum Gasteiger partial charge on any atom is 0.0576 e. The minimum absolute atomic E-state index is 0.248.